The number of nitrogens with one attached hydrogen (secondary N) is 1. The van der Waals surface area contributed by atoms with Crippen LogP contribution in [0.25, 0.3) is 0 Å². The molecule has 0 amide bonds. The molecule has 0 unspecified atom stereocenters. The SMILES string of the molecule is CCCNCc1sccc1S(=O)(=O)N(CC)C1CC1. The Kier molecular flexibility index (Phi) is 5.00. The van der Waals surface area contributed by atoms with Crippen LogP contribution in [-0.4, -0.2) is 31.9 Å². The van der Waals surface area contributed by atoms with E-state index in [-0.39, 0.29) is 6.04 Å². The summed E-state index contributed by atoms with van der Waals surface area (Å²) in [4.78, 5) is 1.42. The molecule has 19 heavy (non-hydrogen) atoms. The van der Waals surface area contributed by atoms with Crippen LogP contribution in [0.5, 0.6) is 0 Å². The van der Waals surface area contributed by atoms with E-state index in [0.29, 0.717) is 18.0 Å². The maximum atomic E-state index is 12.7. The lowest BCUT2D eigenvalue weighted by Crippen LogP contribution is -2.33. The van der Waals surface area contributed by atoms with Crippen molar-refractivity contribution in [3.05, 3.63) is 16.3 Å². The molecule has 0 aliphatic heterocycles. The van der Waals surface area contributed by atoms with Crippen LogP contribution < -0.4 is 5.32 Å². The van der Waals surface area contributed by atoms with Gasteiger partial charge in [-0.15, -0.1) is 11.3 Å². The van der Waals surface area contributed by atoms with E-state index in [1.54, 1.807) is 10.4 Å². The van der Waals surface area contributed by atoms with E-state index in [1.807, 2.05) is 12.3 Å². The Bertz CT molecular complexity index is 506. The van der Waals surface area contributed by atoms with Crippen molar-refractivity contribution in [3.8, 4) is 0 Å². The van der Waals surface area contributed by atoms with Gasteiger partial charge < -0.3 is 5.32 Å². The average molecular weight is 302 g/mol. The summed E-state index contributed by atoms with van der Waals surface area (Å²) in [6, 6.07) is 1.97. The minimum absolute atomic E-state index is 0.228. The third-order valence-electron chi connectivity index (χ3n) is 3.27. The van der Waals surface area contributed by atoms with Crippen LogP contribution in [0.4, 0.5) is 0 Å². The van der Waals surface area contributed by atoms with E-state index in [4.69, 9.17) is 0 Å². The van der Waals surface area contributed by atoms with Gasteiger partial charge in [-0.2, -0.15) is 4.31 Å². The standard InChI is InChI=1S/C13H22N2O2S2/c1-3-8-14-10-12-13(7-9-18-12)19(16,17)15(4-2)11-5-6-11/h7,9,11,14H,3-6,8,10H2,1-2H3. The predicted molar refractivity (Wildman–Crippen MR) is 78.9 cm³/mol. The van der Waals surface area contributed by atoms with E-state index in [9.17, 15) is 8.42 Å². The van der Waals surface area contributed by atoms with Gasteiger partial charge in [-0.3, -0.25) is 0 Å². The summed E-state index contributed by atoms with van der Waals surface area (Å²) in [5, 5.41) is 5.15. The van der Waals surface area contributed by atoms with Crippen molar-refractivity contribution in [1.82, 2.24) is 9.62 Å². The molecule has 108 valence electrons. The number of sulfonamides is 1. The van der Waals surface area contributed by atoms with Crippen molar-refractivity contribution in [2.45, 2.75) is 50.6 Å². The van der Waals surface area contributed by atoms with E-state index in [0.717, 1.165) is 30.7 Å². The van der Waals surface area contributed by atoms with Crippen molar-refractivity contribution in [2.75, 3.05) is 13.1 Å². The Hall–Kier alpha value is -0.430. The van der Waals surface area contributed by atoms with Gasteiger partial charge in [0.15, 0.2) is 0 Å². The molecule has 2 rings (SSSR count). The second-order valence-electron chi connectivity index (χ2n) is 4.82. The van der Waals surface area contributed by atoms with Crippen LogP contribution >= 0.6 is 11.3 Å². The molecule has 1 aliphatic rings. The van der Waals surface area contributed by atoms with E-state index in [1.165, 1.54) is 11.3 Å². The number of rotatable bonds is 8. The van der Waals surface area contributed by atoms with E-state index < -0.39 is 10.0 Å². The minimum atomic E-state index is -3.31. The summed E-state index contributed by atoms with van der Waals surface area (Å²) in [7, 11) is -3.31. The van der Waals surface area contributed by atoms with Gasteiger partial charge in [-0.05, 0) is 37.3 Å². The quantitative estimate of drug-likeness (QED) is 0.750. The zero-order valence-electron chi connectivity index (χ0n) is 11.6. The molecule has 0 radical (unpaired) electrons. The van der Waals surface area contributed by atoms with Gasteiger partial charge in [-0.25, -0.2) is 8.42 Å². The number of hydrogen-bond acceptors (Lipinski definition) is 4. The highest BCUT2D eigenvalue weighted by atomic mass is 32.2. The fraction of sp³-hybridized carbons (Fsp3) is 0.692. The first-order valence-electron chi connectivity index (χ1n) is 6.90. The molecule has 4 nitrogen and oxygen atoms in total. The van der Waals surface area contributed by atoms with Crippen molar-refractivity contribution < 1.29 is 8.42 Å². The summed E-state index contributed by atoms with van der Waals surface area (Å²) in [6.45, 7) is 6.13. The second-order valence-corrected chi connectivity index (χ2v) is 7.68. The van der Waals surface area contributed by atoms with Crippen molar-refractivity contribution in [2.24, 2.45) is 0 Å². The first-order chi connectivity index (χ1) is 9.11. The summed E-state index contributed by atoms with van der Waals surface area (Å²) < 4.78 is 27.0. The van der Waals surface area contributed by atoms with E-state index >= 15 is 0 Å². The summed E-state index contributed by atoms with van der Waals surface area (Å²) >= 11 is 1.52. The van der Waals surface area contributed by atoms with Gasteiger partial charge in [0.05, 0.1) is 4.90 Å². The Labute approximate surface area is 119 Å². The van der Waals surface area contributed by atoms with Crippen LogP contribution in [-0.2, 0) is 16.6 Å². The molecule has 0 aromatic carbocycles. The average Bonchev–Trinajstić information content (AvgIpc) is 3.07. The Morgan fingerprint density at radius 2 is 2.16 bits per heavy atom. The van der Waals surface area contributed by atoms with Crippen LogP contribution in [0.2, 0.25) is 0 Å². The van der Waals surface area contributed by atoms with Crippen LogP contribution in [0, 0.1) is 0 Å². The molecule has 0 bridgehead atoms. The zero-order valence-corrected chi connectivity index (χ0v) is 13.2. The molecule has 1 N–H and O–H groups in total. The van der Waals surface area contributed by atoms with Gasteiger partial charge in [0, 0.05) is 24.0 Å². The van der Waals surface area contributed by atoms with Crippen LogP contribution in [0.3, 0.4) is 0 Å². The largest absolute Gasteiger partial charge is 0.312 e. The lowest BCUT2D eigenvalue weighted by atomic mass is 10.4. The first-order valence-corrected chi connectivity index (χ1v) is 9.22. The van der Waals surface area contributed by atoms with Gasteiger partial charge in [0.25, 0.3) is 0 Å². The van der Waals surface area contributed by atoms with Gasteiger partial charge in [-0.1, -0.05) is 13.8 Å². The van der Waals surface area contributed by atoms with Gasteiger partial charge in [0.2, 0.25) is 10.0 Å². The normalized spacial score (nSPS) is 16.2. The molecule has 0 saturated heterocycles. The molecular weight excluding hydrogens is 280 g/mol. The molecule has 1 aromatic rings. The van der Waals surface area contributed by atoms with Crippen molar-refractivity contribution in [3.63, 3.8) is 0 Å². The minimum Gasteiger partial charge on any atom is -0.312 e. The molecule has 1 saturated carbocycles. The molecule has 1 aromatic heterocycles. The fourth-order valence-corrected chi connectivity index (χ4v) is 5.26. The number of thiophene rings is 1. The Morgan fingerprint density at radius 3 is 2.74 bits per heavy atom. The molecule has 0 atom stereocenters. The molecule has 1 heterocycles. The lowest BCUT2D eigenvalue weighted by molar-refractivity contribution is 0.420. The third-order valence-corrected chi connectivity index (χ3v) is 6.43. The summed E-state index contributed by atoms with van der Waals surface area (Å²) in [5.74, 6) is 0. The molecule has 1 fully saturated rings. The van der Waals surface area contributed by atoms with E-state index in [2.05, 4.69) is 12.2 Å². The van der Waals surface area contributed by atoms with Crippen LogP contribution in [0.1, 0.15) is 38.0 Å². The maximum absolute atomic E-state index is 12.7. The van der Waals surface area contributed by atoms with Crippen LogP contribution in [0.15, 0.2) is 16.3 Å². The lowest BCUT2D eigenvalue weighted by Gasteiger charge is -2.20. The third kappa shape index (κ3) is 3.37. The zero-order chi connectivity index (χ0) is 13.9. The van der Waals surface area contributed by atoms with Gasteiger partial charge in [0.1, 0.15) is 0 Å². The first kappa shape index (κ1) is 15.0. The summed E-state index contributed by atoms with van der Waals surface area (Å²) in [5.41, 5.74) is 0. The predicted octanol–water partition coefficient (Wildman–Crippen LogP) is 2.42. The van der Waals surface area contributed by atoms with Crippen molar-refractivity contribution >= 4 is 21.4 Å². The highest BCUT2D eigenvalue weighted by molar-refractivity contribution is 7.89. The monoisotopic (exact) mass is 302 g/mol. The highest BCUT2D eigenvalue weighted by Crippen LogP contribution is 2.34. The summed E-state index contributed by atoms with van der Waals surface area (Å²) in [6.07, 6.45) is 3.05. The Morgan fingerprint density at radius 1 is 1.42 bits per heavy atom. The van der Waals surface area contributed by atoms with Gasteiger partial charge >= 0.3 is 0 Å². The number of hydrogen-bond donors (Lipinski definition) is 1. The fourth-order valence-electron chi connectivity index (χ4n) is 2.18. The highest BCUT2D eigenvalue weighted by Gasteiger charge is 2.37. The topological polar surface area (TPSA) is 49.4 Å². The molecule has 1 aliphatic carbocycles. The smallest absolute Gasteiger partial charge is 0.244 e. The number of nitrogens with zero attached hydrogens (tertiary/aromatic N) is 1. The maximum Gasteiger partial charge on any atom is 0.244 e. The van der Waals surface area contributed by atoms with Crippen molar-refractivity contribution in [1.29, 1.82) is 0 Å². The molecular formula is C13H22N2O2S2. The second kappa shape index (κ2) is 6.35. The molecule has 0 spiro atoms. The molecule has 6 heteroatoms. The Balaban J connectivity index is 2.17.